The molecule has 0 aliphatic heterocycles. The highest BCUT2D eigenvalue weighted by molar-refractivity contribution is 7.98. The molecule has 0 bridgehead atoms. The van der Waals surface area contributed by atoms with E-state index in [-0.39, 0.29) is 0 Å². The van der Waals surface area contributed by atoms with Crippen molar-refractivity contribution in [2.75, 3.05) is 0 Å². The molecule has 0 amide bonds. The molecule has 0 saturated heterocycles. The van der Waals surface area contributed by atoms with Gasteiger partial charge >= 0.3 is 0 Å². The SMILES string of the molecule is Cc1ccc(-c2nc(CSc3nnc(C4CC4)n3Cc3ccccc3)cs2)cc1. The maximum atomic E-state index is 4.83. The van der Waals surface area contributed by atoms with Crippen LogP contribution in [0.1, 0.15) is 41.4 Å². The topological polar surface area (TPSA) is 43.6 Å². The van der Waals surface area contributed by atoms with Gasteiger partial charge in [-0.3, -0.25) is 0 Å². The Morgan fingerprint density at radius 1 is 1.03 bits per heavy atom. The molecule has 1 aliphatic rings. The molecule has 1 saturated carbocycles. The molecule has 5 rings (SSSR count). The number of thiazole rings is 1. The van der Waals surface area contributed by atoms with Crippen LogP contribution < -0.4 is 0 Å². The van der Waals surface area contributed by atoms with Crippen LogP contribution in [0.3, 0.4) is 0 Å². The van der Waals surface area contributed by atoms with Gasteiger partial charge in [0.1, 0.15) is 10.8 Å². The van der Waals surface area contributed by atoms with Crippen LogP contribution in [0, 0.1) is 6.92 Å². The quantitative estimate of drug-likeness (QED) is 0.349. The van der Waals surface area contributed by atoms with Gasteiger partial charge in [-0.2, -0.15) is 0 Å². The number of aryl methyl sites for hydroxylation is 1. The Morgan fingerprint density at radius 2 is 1.83 bits per heavy atom. The first-order chi connectivity index (χ1) is 14.3. The summed E-state index contributed by atoms with van der Waals surface area (Å²) in [5.74, 6) is 2.52. The fraction of sp³-hybridized carbons (Fsp3) is 0.261. The van der Waals surface area contributed by atoms with Crippen LogP contribution in [0.2, 0.25) is 0 Å². The predicted molar refractivity (Wildman–Crippen MR) is 119 cm³/mol. The van der Waals surface area contributed by atoms with Gasteiger partial charge in [0.05, 0.1) is 12.2 Å². The summed E-state index contributed by atoms with van der Waals surface area (Å²) in [4.78, 5) is 4.83. The lowest BCUT2D eigenvalue weighted by Crippen LogP contribution is -2.06. The third-order valence-corrected chi connectivity index (χ3v) is 7.01. The minimum absolute atomic E-state index is 0.577. The summed E-state index contributed by atoms with van der Waals surface area (Å²) in [6.45, 7) is 2.93. The van der Waals surface area contributed by atoms with Gasteiger partial charge in [0.15, 0.2) is 5.16 Å². The first-order valence-corrected chi connectivity index (χ1v) is 11.7. The Morgan fingerprint density at radius 3 is 2.59 bits per heavy atom. The molecule has 0 spiro atoms. The molecule has 0 unspecified atom stereocenters. The second-order valence-electron chi connectivity index (χ2n) is 7.49. The summed E-state index contributed by atoms with van der Waals surface area (Å²) in [7, 11) is 0. The van der Waals surface area contributed by atoms with Crippen molar-refractivity contribution in [1.29, 1.82) is 0 Å². The highest BCUT2D eigenvalue weighted by Gasteiger charge is 2.30. The minimum Gasteiger partial charge on any atom is -0.301 e. The fourth-order valence-corrected chi connectivity index (χ4v) is 5.07. The smallest absolute Gasteiger partial charge is 0.191 e. The zero-order chi connectivity index (χ0) is 19.6. The Labute approximate surface area is 179 Å². The third-order valence-electron chi connectivity index (χ3n) is 5.07. The molecule has 1 aliphatic carbocycles. The van der Waals surface area contributed by atoms with E-state index >= 15 is 0 Å². The lowest BCUT2D eigenvalue weighted by molar-refractivity contribution is 0.667. The van der Waals surface area contributed by atoms with Crippen molar-refractivity contribution in [2.24, 2.45) is 0 Å². The second-order valence-corrected chi connectivity index (χ2v) is 9.29. The summed E-state index contributed by atoms with van der Waals surface area (Å²) < 4.78 is 2.30. The molecule has 0 atom stereocenters. The van der Waals surface area contributed by atoms with Crippen LogP contribution in [0.4, 0.5) is 0 Å². The van der Waals surface area contributed by atoms with Crippen molar-refractivity contribution in [1.82, 2.24) is 19.7 Å². The molecule has 1 fully saturated rings. The second kappa shape index (κ2) is 8.13. The first-order valence-electron chi connectivity index (χ1n) is 9.87. The zero-order valence-electron chi connectivity index (χ0n) is 16.3. The van der Waals surface area contributed by atoms with Crippen molar-refractivity contribution in [3.05, 3.63) is 82.6 Å². The summed E-state index contributed by atoms with van der Waals surface area (Å²) in [5.41, 5.74) is 4.83. The number of aromatic nitrogens is 4. The van der Waals surface area contributed by atoms with Crippen LogP contribution in [0.5, 0.6) is 0 Å². The summed E-state index contributed by atoms with van der Waals surface area (Å²) >= 11 is 3.43. The Balaban J connectivity index is 1.33. The maximum absolute atomic E-state index is 4.83. The van der Waals surface area contributed by atoms with E-state index in [1.165, 1.54) is 29.5 Å². The van der Waals surface area contributed by atoms with Crippen molar-refractivity contribution in [3.63, 3.8) is 0 Å². The summed E-state index contributed by atoms with van der Waals surface area (Å²) in [6.07, 6.45) is 2.45. The molecule has 2 aromatic heterocycles. The predicted octanol–water partition coefficient (Wildman–Crippen LogP) is 5.93. The average molecular weight is 419 g/mol. The van der Waals surface area contributed by atoms with Crippen molar-refractivity contribution in [3.8, 4) is 10.6 Å². The Bertz CT molecular complexity index is 1100. The van der Waals surface area contributed by atoms with Gasteiger partial charge in [-0.25, -0.2) is 4.98 Å². The van der Waals surface area contributed by atoms with Crippen molar-refractivity contribution < 1.29 is 0 Å². The highest BCUT2D eigenvalue weighted by Crippen LogP contribution is 2.40. The van der Waals surface area contributed by atoms with E-state index in [1.54, 1.807) is 23.1 Å². The molecule has 6 heteroatoms. The number of benzene rings is 2. The van der Waals surface area contributed by atoms with Gasteiger partial charge in [-0.1, -0.05) is 71.9 Å². The number of hydrogen-bond donors (Lipinski definition) is 0. The number of rotatable bonds is 7. The van der Waals surface area contributed by atoms with E-state index < -0.39 is 0 Å². The molecule has 2 aromatic carbocycles. The molecule has 4 nitrogen and oxygen atoms in total. The van der Waals surface area contributed by atoms with Gasteiger partial charge in [0, 0.05) is 22.6 Å². The average Bonchev–Trinajstić information content (AvgIpc) is 3.35. The van der Waals surface area contributed by atoms with Crippen LogP contribution >= 0.6 is 23.1 Å². The van der Waals surface area contributed by atoms with Gasteiger partial charge in [0.25, 0.3) is 0 Å². The Kier molecular flexibility index (Phi) is 5.21. The standard InChI is InChI=1S/C23H22N4S2/c1-16-7-9-19(10-8-16)22-24-20(14-28-22)15-29-23-26-25-21(18-11-12-18)27(23)13-17-5-3-2-4-6-17/h2-10,14,18H,11-13,15H2,1H3. The third kappa shape index (κ3) is 4.28. The van der Waals surface area contributed by atoms with Gasteiger partial charge in [-0.05, 0) is 25.3 Å². The minimum atomic E-state index is 0.577. The first kappa shape index (κ1) is 18.6. The molecular formula is C23H22N4S2. The monoisotopic (exact) mass is 418 g/mol. The normalized spacial score (nSPS) is 13.7. The van der Waals surface area contributed by atoms with E-state index in [9.17, 15) is 0 Å². The molecule has 0 N–H and O–H groups in total. The van der Waals surface area contributed by atoms with Crippen molar-refractivity contribution in [2.45, 2.75) is 43.1 Å². The lowest BCUT2D eigenvalue weighted by Gasteiger charge is -2.09. The summed E-state index contributed by atoms with van der Waals surface area (Å²) in [5, 5.41) is 13.3. The molecule has 2 heterocycles. The number of nitrogens with zero attached hydrogens (tertiary/aromatic N) is 4. The maximum Gasteiger partial charge on any atom is 0.191 e. The van der Waals surface area contributed by atoms with Crippen LogP contribution in [0.25, 0.3) is 10.6 Å². The van der Waals surface area contributed by atoms with Gasteiger partial charge in [0.2, 0.25) is 0 Å². The summed E-state index contributed by atoms with van der Waals surface area (Å²) in [6, 6.07) is 19.1. The van der Waals surface area contributed by atoms with Gasteiger partial charge in [-0.15, -0.1) is 21.5 Å². The lowest BCUT2D eigenvalue weighted by atomic mass is 10.2. The number of thioether (sulfide) groups is 1. The van der Waals surface area contributed by atoms with Crippen LogP contribution in [-0.2, 0) is 12.3 Å². The largest absolute Gasteiger partial charge is 0.301 e. The Hall–Kier alpha value is -2.44. The molecule has 4 aromatic rings. The van der Waals surface area contributed by atoms with E-state index in [2.05, 4.69) is 81.7 Å². The number of hydrogen-bond acceptors (Lipinski definition) is 5. The van der Waals surface area contributed by atoms with E-state index in [0.29, 0.717) is 5.92 Å². The van der Waals surface area contributed by atoms with Crippen LogP contribution in [0.15, 0.2) is 65.1 Å². The van der Waals surface area contributed by atoms with E-state index in [1.807, 2.05) is 0 Å². The molecule has 146 valence electrons. The van der Waals surface area contributed by atoms with E-state index in [4.69, 9.17) is 4.98 Å². The molecule has 29 heavy (non-hydrogen) atoms. The fourth-order valence-electron chi connectivity index (χ4n) is 3.31. The van der Waals surface area contributed by atoms with E-state index in [0.717, 1.165) is 34.0 Å². The highest BCUT2D eigenvalue weighted by atomic mass is 32.2. The zero-order valence-corrected chi connectivity index (χ0v) is 17.9. The molecule has 0 radical (unpaired) electrons. The van der Waals surface area contributed by atoms with Gasteiger partial charge < -0.3 is 4.57 Å². The molecular weight excluding hydrogens is 396 g/mol. The van der Waals surface area contributed by atoms with Crippen molar-refractivity contribution >= 4 is 23.1 Å². The van der Waals surface area contributed by atoms with Crippen LogP contribution in [-0.4, -0.2) is 19.7 Å².